The van der Waals surface area contributed by atoms with Crippen LogP contribution in [0.25, 0.3) is 0 Å². The molecule has 1 aromatic carbocycles. The maximum Gasteiger partial charge on any atom is 0.424 e. The Labute approximate surface area is 181 Å². The summed E-state index contributed by atoms with van der Waals surface area (Å²) in [5.41, 5.74) is 1.84. The average Bonchev–Trinajstić information content (AvgIpc) is 3.43. The van der Waals surface area contributed by atoms with Crippen molar-refractivity contribution in [2.45, 2.75) is 50.7 Å². The zero-order valence-electron chi connectivity index (χ0n) is 17.8. The number of ether oxygens (including phenoxy) is 2. The fourth-order valence-electron chi connectivity index (χ4n) is 4.13. The lowest BCUT2D eigenvalue weighted by molar-refractivity contribution is -0.0364. The summed E-state index contributed by atoms with van der Waals surface area (Å²) in [6.07, 6.45) is 3.63. The third-order valence-electron chi connectivity index (χ3n) is 5.86. The van der Waals surface area contributed by atoms with Crippen LogP contribution in [0, 0.1) is 0 Å². The summed E-state index contributed by atoms with van der Waals surface area (Å²) in [7, 11) is 1.92. The smallest absolute Gasteiger partial charge is 0.424 e. The molecule has 0 bridgehead atoms. The topological polar surface area (TPSA) is 99.8 Å². The Balaban J connectivity index is 1.23. The zero-order valence-corrected chi connectivity index (χ0v) is 17.8. The standard InChI is InChI=1S/C22H29N5O4/c1-26-11-5-6-12-27(26)22(29)31-18-10-9-17(13-18)19-14-20(25-24-19)23-21(28)30-15-16-7-3-2-4-8-16/h2-4,7-8,14,17-18H,5-6,9-13,15H2,1H3,(H2,23,24,25,28)/t17-,18+/m0/s1. The van der Waals surface area contributed by atoms with Crippen LogP contribution in [0.5, 0.6) is 0 Å². The molecule has 2 N–H and O–H groups in total. The van der Waals surface area contributed by atoms with Crippen LogP contribution < -0.4 is 5.32 Å². The van der Waals surface area contributed by atoms with E-state index in [0.29, 0.717) is 12.4 Å². The summed E-state index contributed by atoms with van der Waals surface area (Å²) in [6, 6.07) is 11.3. The van der Waals surface area contributed by atoms with Gasteiger partial charge in [-0.15, -0.1) is 0 Å². The molecule has 1 saturated heterocycles. The first-order valence-electron chi connectivity index (χ1n) is 10.8. The summed E-state index contributed by atoms with van der Waals surface area (Å²) in [4.78, 5) is 24.5. The predicted molar refractivity (Wildman–Crippen MR) is 114 cm³/mol. The molecular weight excluding hydrogens is 398 g/mol. The highest BCUT2D eigenvalue weighted by Gasteiger charge is 2.32. The highest BCUT2D eigenvalue weighted by Crippen LogP contribution is 2.36. The minimum Gasteiger partial charge on any atom is -0.445 e. The van der Waals surface area contributed by atoms with Gasteiger partial charge in [0.25, 0.3) is 0 Å². The largest absolute Gasteiger partial charge is 0.445 e. The first-order chi connectivity index (χ1) is 15.1. The Morgan fingerprint density at radius 2 is 2.00 bits per heavy atom. The summed E-state index contributed by atoms with van der Waals surface area (Å²) in [6.45, 7) is 1.79. The molecule has 1 aliphatic heterocycles. The van der Waals surface area contributed by atoms with Gasteiger partial charge in [-0.25, -0.2) is 19.6 Å². The Hall–Kier alpha value is -3.07. The number of hydrogen-bond donors (Lipinski definition) is 2. The molecule has 2 amide bonds. The SMILES string of the molecule is CN1CCCCN1C(=O)O[C@@H]1CC[C@H](c2cc(NC(=O)OCc3ccccc3)n[nH]2)C1. The van der Waals surface area contributed by atoms with Crippen molar-refractivity contribution in [3.05, 3.63) is 47.7 Å². The highest BCUT2D eigenvalue weighted by molar-refractivity contribution is 5.83. The number of carbonyl (C=O) groups excluding carboxylic acids is 2. The number of H-pyrrole nitrogens is 1. The number of nitrogens with one attached hydrogen (secondary N) is 2. The number of aromatic nitrogens is 2. The van der Waals surface area contributed by atoms with E-state index in [1.165, 1.54) is 0 Å². The number of amides is 2. The van der Waals surface area contributed by atoms with Crippen LogP contribution in [0.2, 0.25) is 0 Å². The van der Waals surface area contributed by atoms with E-state index in [0.717, 1.165) is 49.9 Å². The average molecular weight is 428 g/mol. The van der Waals surface area contributed by atoms with Crippen molar-refractivity contribution in [1.29, 1.82) is 0 Å². The number of hydrazine groups is 1. The Bertz CT molecular complexity index is 887. The molecule has 1 aliphatic carbocycles. The van der Waals surface area contributed by atoms with Gasteiger partial charge in [-0.1, -0.05) is 30.3 Å². The van der Waals surface area contributed by atoms with Gasteiger partial charge in [0.2, 0.25) is 0 Å². The van der Waals surface area contributed by atoms with Crippen LogP contribution in [0.15, 0.2) is 36.4 Å². The van der Waals surface area contributed by atoms with Crippen LogP contribution in [-0.4, -0.2) is 58.6 Å². The molecule has 2 heterocycles. The van der Waals surface area contributed by atoms with Crippen molar-refractivity contribution in [1.82, 2.24) is 20.2 Å². The third-order valence-corrected chi connectivity index (χ3v) is 5.86. The summed E-state index contributed by atoms with van der Waals surface area (Å²) < 4.78 is 11.0. The minimum absolute atomic E-state index is 0.108. The van der Waals surface area contributed by atoms with E-state index in [1.807, 2.05) is 48.5 Å². The molecule has 2 aromatic rings. The van der Waals surface area contributed by atoms with Crippen molar-refractivity contribution >= 4 is 18.0 Å². The van der Waals surface area contributed by atoms with Crippen LogP contribution in [0.4, 0.5) is 15.4 Å². The van der Waals surface area contributed by atoms with Crippen LogP contribution in [0.3, 0.4) is 0 Å². The number of carbonyl (C=O) groups is 2. The summed E-state index contributed by atoms with van der Waals surface area (Å²) >= 11 is 0. The molecule has 1 aromatic heterocycles. The van der Waals surface area contributed by atoms with Crippen LogP contribution >= 0.6 is 0 Å². The number of rotatable bonds is 5. The highest BCUT2D eigenvalue weighted by atomic mass is 16.6. The van der Waals surface area contributed by atoms with E-state index in [2.05, 4.69) is 15.5 Å². The van der Waals surface area contributed by atoms with Gasteiger partial charge in [0.15, 0.2) is 5.82 Å². The zero-order chi connectivity index (χ0) is 21.6. The second kappa shape index (κ2) is 9.82. The van der Waals surface area contributed by atoms with Gasteiger partial charge in [0, 0.05) is 37.8 Å². The first-order valence-corrected chi connectivity index (χ1v) is 10.8. The summed E-state index contributed by atoms with van der Waals surface area (Å²) in [5, 5.41) is 13.4. The lowest BCUT2D eigenvalue weighted by Crippen LogP contribution is -2.49. The van der Waals surface area contributed by atoms with Crippen molar-refractivity contribution in [2.24, 2.45) is 0 Å². The monoisotopic (exact) mass is 427 g/mol. The molecule has 1 saturated carbocycles. The first kappa shape index (κ1) is 21.2. The number of nitrogens with zero attached hydrogens (tertiary/aromatic N) is 3. The van der Waals surface area contributed by atoms with Gasteiger partial charge in [-0.05, 0) is 37.7 Å². The minimum atomic E-state index is -0.550. The molecule has 166 valence electrons. The van der Waals surface area contributed by atoms with Crippen LogP contribution in [0.1, 0.15) is 49.3 Å². The van der Waals surface area contributed by atoms with Gasteiger partial charge in [0.05, 0.1) is 0 Å². The third kappa shape index (κ3) is 5.55. The van der Waals surface area contributed by atoms with Crippen molar-refractivity contribution in [2.75, 3.05) is 25.5 Å². The number of anilines is 1. The Kier molecular flexibility index (Phi) is 6.71. The number of aromatic amines is 1. The molecule has 9 heteroatoms. The summed E-state index contributed by atoms with van der Waals surface area (Å²) in [5.74, 6) is 0.628. The fraction of sp³-hybridized carbons (Fsp3) is 0.500. The molecule has 2 fully saturated rings. The molecule has 9 nitrogen and oxygen atoms in total. The maximum absolute atomic E-state index is 12.5. The van der Waals surface area contributed by atoms with E-state index in [-0.39, 0.29) is 24.7 Å². The van der Waals surface area contributed by atoms with E-state index < -0.39 is 6.09 Å². The van der Waals surface area contributed by atoms with E-state index in [4.69, 9.17) is 9.47 Å². The van der Waals surface area contributed by atoms with E-state index >= 15 is 0 Å². The van der Waals surface area contributed by atoms with Gasteiger partial charge in [-0.2, -0.15) is 5.10 Å². The second-order valence-electron chi connectivity index (χ2n) is 8.12. The Morgan fingerprint density at radius 3 is 2.81 bits per heavy atom. The quantitative estimate of drug-likeness (QED) is 0.751. The molecule has 31 heavy (non-hydrogen) atoms. The van der Waals surface area contributed by atoms with Gasteiger partial charge >= 0.3 is 12.2 Å². The normalized spacial score (nSPS) is 21.6. The Morgan fingerprint density at radius 1 is 1.19 bits per heavy atom. The molecule has 0 radical (unpaired) electrons. The van der Waals surface area contributed by atoms with Gasteiger partial charge in [-0.3, -0.25) is 10.4 Å². The second-order valence-corrected chi connectivity index (χ2v) is 8.12. The lowest BCUT2D eigenvalue weighted by atomic mass is 10.0. The van der Waals surface area contributed by atoms with Gasteiger partial charge < -0.3 is 9.47 Å². The van der Waals surface area contributed by atoms with Crippen LogP contribution in [-0.2, 0) is 16.1 Å². The molecule has 4 rings (SSSR count). The number of hydrogen-bond acceptors (Lipinski definition) is 6. The van der Waals surface area contributed by atoms with E-state index in [1.54, 1.807) is 5.01 Å². The van der Waals surface area contributed by atoms with Crippen molar-refractivity contribution in [3.63, 3.8) is 0 Å². The predicted octanol–water partition coefficient (Wildman–Crippen LogP) is 3.87. The molecule has 2 aliphatic rings. The molecule has 2 atom stereocenters. The van der Waals surface area contributed by atoms with E-state index in [9.17, 15) is 9.59 Å². The van der Waals surface area contributed by atoms with Gasteiger partial charge in [0.1, 0.15) is 12.7 Å². The molecular formula is C22H29N5O4. The van der Waals surface area contributed by atoms with Crippen molar-refractivity contribution < 1.29 is 19.1 Å². The fourth-order valence-corrected chi connectivity index (χ4v) is 4.13. The molecule has 0 spiro atoms. The number of benzene rings is 1. The molecule has 0 unspecified atom stereocenters. The lowest BCUT2D eigenvalue weighted by Gasteiger charge is -2.35. The van der Waals surface area contributed by atoms with Crippen molar-refractivity contribution in [3.8, 4) is 0 Å². The maximum atomic E-state index is 12.5.